The summed E-state index contributed by atoms with van der Waals surface area (Å²) in [7, 11) is 0. The van der Waals surface area contributed by atoms with Crippen LogP contribution >= 0.6 is 11.6 Å². The molecule has 0 aromatic heterocycles. The van der Waals surface area contributed by atoms with E-state index in [9.17, 15) is 9.59 Å². The molecule has 1 aliphatic heterocycles. The first-order valence-electron chi connectivity index (χ1n) is 5.29. The van der Waals surface area contributed by atoms with Crippen molar-refractivity contribution in [1.29, 1.82) is 0 Å². The van der Waals surface area contributed by atoms with Crippen molar-refractivity contribution >= 4 is 29.2 Å². The monoisotopic (exact) mass is 253 g/mol. The smallest absolute Gasteiger partial charge is 0.308 e. The quantitative estimate of drug-likeness (QED) is 0.878. The molecule has 1 aromatic carbocycles. The molecule has 1 amide bonds. The Hall–Kier alpha value is -1.55. The molecule has 1 aliphatic rings. The number of hydrogen-bond acceptors (Lipinski definition) is 2. The van der Waals surface area contributed by atoms with E-state index >= 15 is 0 Å². The number of carbonyl (C=O) groups is 2. The molecule has 1 atom stereocenters. The first-order chi connectivity index (χ1) is 8.00. The Morgan fingerprint density at radius 2 is 2.24 bits per heavy atom. The van der Waals surface area contributed by atoms with Crippen molar-refractivity contribution in [3.05, 3.63) is 28.8 Å². The fourth-order valence-electron chi connectivity index (χ4n) is 1.99. The van der Waals surface area contributed by atoms with E-state index in [1.54, 1.807) is 18.2 Å². The molecule has 90 valence electrons. The van der Waals surface area contributed by atoms with E-state index in [4.69, 9.17) is 16.7 Å². The van der Waals surface area contributed by atoms with Crippen LogP contribution in [0.15, 0.2) is 18.2 Å². The fraction of sp³-hybridized carbons (Fsp3) is 0.333. The van der Waals surface area contributed by atoms with Crippen molar-refractivity contribution in [1.82, 2.24) is 0 Å². The number of rotatable bonds is 2. The summed E-state index contributed by atoms with van der Waals surface area (Å²) >= 11 is 5.98. The van der Waals surface area contributed by atoms with Crippen molar-refractivity contribution in [3.8, 4) is 0 Å². The van der Waals surface area contributed by atoms with Gasteiger partial charge in [-0.15, -0.1) is 0 Å². The topological polar surface area (TPSA) is 57.6 Å². The molecule has 0 spiro atoms. The summed E-state index contributed by atoms with van der Waals surface area (Å²) in [5, 5.41) is 9.49. The minimum atomic E-state index is -0.930. The van der Waals surface area contributed by atoms with Gasteiger partial charge < -0.3 is 10.0 Å². The molecule has 1 saturated heterocycles. The number of carboxylic acid groups (broad SMARTS) is 1. The lowest BCUT2D eigenvalue weighted by Crippen LogP contribution is -2.26. The largest absolute Gasteiger partial charge is 0.481 e. The lowest BCUT2D eigenvalue weighted by atomic mass is 10.1. The minimum Gasteiger partial charge on any atom is -0.481 e. The van der Waals surface area contributed by atoms with Gasteiger partial charge >= 0.3 is 5.97 Å². The van der Waals surface area contributed by atoms with Gasteiger partial charge in [-0.25, -0.2) is 0 Å². The SMILES string of the molecule is Cc1c(Cl)cccc1N1C[C@@H](C(=O)O)CC1=O. The van der Waals surface area contributed by atoms with E-state index in [0.717, 1.165) is 5.56 Å². The second-order valence-electron chi connectivity index (χ2n) is 4.13. The summed E-state index contributed by atoms with van der Waals surface area (Å²) in [6, 6.07) is 5.28. The average molecular weight is 254 g/mol. The van der Waals surface area contributed by atoms with Crippen molar-refractivity contribution < 1.29 is 14.7 Å². The Morgan fingerprint density at radius 1 is 1.53 bits per heavy atom. The van der Waals surface area contributed by atoms with Gasteiger partial charge in [0, 0.05) is 23.7 Å². The lowest BCUT2D eigenvalue weighted by molar-refractivity contribution is -0.141. The van der Waals surface area contributed by atoms with Gasteiger partial charge in [-0.05, 0) is 24.6 Å². The summed E-state index contributed by atoms with van der Waals surface area (Å²) in [5.41, 5.74) is 1.50. The number of carbonyl (C=O) groups excluding carboxylic acids is 1. The molecular weight excluding hydrogens is 242 g/mol. The van der Waals surface area contributed by atoms with Crippen LogP contribution in [0.4, 0.5) is 5.69 Å². The second-order valence-corrected chi connectivity index (χ2v) is 4.53. The molecule has 17 heavy (non-hydrogen) atoms. The highest BCUT2D eigenvalue weighted by molar-refractivity contribution is 6.31. The molecule has 1 N–H and O–H groups in total. The van der Waals surface area contributed by atoms with Gasteiger partial charge in [0.1, 0.15) is 0 Å². The molecule has 4 nitrogen and oxygen atoms in total. The van der Waals surface area contributed by atoms with E-state index in [-0.39, 0.29) is 18.9 Å². The number of nitrogens with zero attached hydrogens (tertiary/aromatic N) is 1. The first kappa shape index (κ1) is 11.9. The summed E-state index contributed by atoms with van der Waals surface area (Å²) in [5.74, 6) is -1.72. The molecule has 5 heteroatoms. The number of aliphatic carboxylic acids is 1. The van der Waals surface area contributed by atoms with E-state index in [1.165, 1.54) is 4.90 Å². The standard InChI is InChI=1S/C12H12ClNO3/c1-7-9(13)3-2-4-10(7)14-6-8(12(16)17)5-11(14)15/h2-4,8H,5-6H2,1H3,(H,16,17)/t8-/m0/s1. The fourth-order valence-corrected chi connectivity index (χ4v) is 2.16. The Labute approximate surface area is 104 Å². The molecule has 0 radical (unpaired) electrons. The predicted octanol–water partition coefficient (Wildman–Crippen LogP) is 2.09. The van der Waals surface area contributed by atoms with Gasteiger partial charge in [0.25, 0.3) is 0 Å². The van der Waals surface area contributed by atoms with Gasteiger partial charge in [0.05, 0.1) is 5.92 Å². The Kier molecular flexibility index (Phi) is 3.07. The van der Waals surface area contributed by atoms with Crippen LogP contribution in [0.25, 0.3) is 0 Å². The Bertz CT molecular complexity index is 487. The van der Waals surface area contributed by atoms with Crippen LogP contribution in [-0.4, -0.2) is 23.5 Å². The van der Waals surface area contributed by atoms with Crippen LogP contribution < -0.4 is 4.90 Å². The highest BCUT2D eigenvalue weighted by Crippen LogP contribution is 2.31. The first-order valence-corrected chi connectivity index (χ1v) is 5.66. The molecule has 2 rings (SSSR count). The Balaban J connectivity index is 2.32. The zero-order chi connectivity index (χ0) is 12.6. The summed E-state index contributed by atoms with van der Waals surface area (Å²) in [6.45, 7) is 2.04. The molecule has 0 bridgehead atoms. The average Bonchev–Trinajstić information content (AvgIpc) is 2.65. The van der Waals surface area contributed by atoms with Crippen LogP contribution in [0.1, 0.15) is 12.0 Å². The van der Waals surface area contributed by atoms with E-state index in [0.29, 0.717) is 10.7 Å². The maximum absolute atomic E-state index is 11.8. The molecule has 1 fully saturated rings. The zero-order valence-corrected chi connectivity index (χ0v) is 10.1. The third-order valence-corrected chi connectivity index (χ3v) is 3.41. The number of amides is 1. The van der Waals surface area contributed by atoms with E-state index in [1.807, 2.05) is 6.92 Å². The summed E-state index contributed by atoms with van der Waals surface area (Å²) < 4.78 is 0. The van der Waals surface area contributed by atoms with Gasteiger partial charge in [-0.3, -0.25) is 9.59 Å². The Morgan fingerprint density at radius 3 is 2.82 bits per heavy atom. The van der Waals surface area contributed by atoms with Crippen LogP contribution in [0, 0.1) is 12.8 Å². The zero-order valence-electron chi connectivity index (χ0n) is 9.31. The minimum absolute atomic E-state index is 0.0568. The normalized spacial score (nSPS) is 19.8. The molecular formula is C12H12ClNO3. The van der Waals surface area contributed by atoms with E-state index < -0.39 is 11.9 Å². The number of halogens is 1. The molecule has 1 aromatic rings. The second kappa shape index (κ2) is 4.37. The number of hydrogen-bond donors (Lipinski definition) is 1. The summed E-state index contributed by atoms with van der Waals surface area (Å²) in [4.78, 5) is 24.1. The third kappa shape index (κ3) is 2.13. The van der Waals surface area contributed by atoms with Crippen LogP contribution in [-0.2, 0) is 9.59 Å². The number of anilines is 1. The highest BCUT2D eigenvalue weighted by atomic mass is 35.5. The van der Waals surface area contributed by atoms with Gasteiger partial charge in [0.15, 0.2) is 0 Å². The van der Waals surface area contributed by atoms with Gasteiger partial charge in [-0.1, -0.05) is 17.7 Å². The number of carboxylic acids is 1. The van der Waals surface area contributed by atoms with Crippen molar-refractivity contribution in [2.75, 3.05) is 11.4 Å². The molecule has 0 aliphatic carbocycles. The third-order valence-electron chi connectivity index (χ3n) is 3.00. The van der Waals surface area contributed by atoms with Crippen LogP contribution in [0.3, 0.4) is 0 Å². The van der Waals surface area contributed by atoms with Crippen molar-refractivity contribution in [2.45, 2.75) is 13.3 Å². The molecule has 0 saturated carbocycles. The molecule has 0 unspecified atom stereocenters. The van der Waals surface area contributed by atoms with Crippen molar-refractivity contribution in [2.24, 2.45) is 5.92 Å². The predicted molar refractivity (Wildman–Crippen MR) is 64.3 cm³/mol. The maximum atomic E-state index is 11.8. The van der Waals surface area contributed by atoms with Crippen molar-refractivity contribution in [3.63, 3.8) is 0 Å². The van der Waals surface area contributed by atoms with E-state index in [2.05, 4.69) is 0 Å². The highest BCUT2D eigenvalue weighted by Gasteiger charge is 2.35. The van der Waals surface area contributed by atoms with Gasteiger partial charge in [-0.2, -0.15) is 0 Å². The lowest BCUT2D eigenvalue weighted by Gasteiger charge is -2.19. The number of benzene rings is 1. The van der Waals surface area contributed by atoms with Crippen LogP contribution in [0.2, 0.25) is 5.02 Å². The molecule has 1 heterocycles. The van der Waals surface area contributed by atoms with Gasteiger partial charge in [0.2, 0.25) is 5.91 Å². The maximum Gasteiger partial charge on any atom is 0.308 e. The van der Waals surface area contributed by atoms with Crippen LogP contribution in [0.5, 0.6) is 0 Å². The summed E-state index contributed by atoms with van der Waals surface area (Å²) in [6.07, 6.45) is 0.0568.